The van der Waals surface area contributed by atoms with Crippen molar-refractivity contribution in [2.45, 2.75) is 13.1 Å². The van der Waals surface area contributed by atoms with E-state index in [1.165, 1.54) is 4.70 Å². The molecule has 0 saturated carbocycles. The largest absolute Gasteiger partial charge is 0.337 e. The molecule has 0 spiro atoms. The first-order valence-electron chi connectivity index (χ1n) is 10.7. The van der Waals surface area contributed by atoms with Crippen molar-refractivity contribution in [1.82, 2.24) is 29.8 Å². The van der Waals surface area contributed by atoms with Crippen molar-refractivity contribution in [1.29, 1.82) is 0 Å². The van der Waals surface area contributed by atoms with E-state index < -0.39 is 0 Å². The zero-order valence-electron chi connectivity index (χ0n) is 17.7. The average Bonchev–Trinajstić information content (AvgIpc) is 3.44. The fourth-order valence-electron chi connectivity index (χ4n) is 3.80. The summed E-state index contributed by atoms with van der Waals surface area (Å²) in [5.74, 6) is 0.0160. The molecule has 1 saturated heterocycles. The number of fused-ring (bicyclic) bond motifs is 1. The van der Waals surface area contributed by atoms with Crippen LogP contribution in [0.3, 0.4) is 0 Å². The Hall–Kier alpha value is -3.36. The van der Waals surface area contributed by atoms with Crippen molar-refractivity contribution in [3.05, 3.63) is 83.1 Å². The van der Waals surface area contributed by atoms with Gasteiger partial charge < -0.3 is 4.90 Å². The molecule has 0 radical (unpaired) electrons. The van der Waals surface area contributed by atoms with Gasteiger partial charge in [-0.25, -0.2) is 9.67 Å². The van der Waals surface area contributed by atoms with Crippen molar-refractivity contribution < 1.29 is 4.79 Å². The Bertz CT molecular complexity index is 1190. The van der Waals surface area contributed by atoms with Gasteiger partial charge in [0.15, 0.2) is 0 Å². The topological polar surface area (TPSA) is 67.2 Å². The molecule has 1 aliphatic heterocycles. The number of carbonyl (C=O) groups is 1. The van der Waals surface area contributed by atoms with Crippen LogP contribution in [0.15, 0.2) is 66.9 Å². The molecule has 4 aromatic rings. The molecule has 0 bridgehead atoms. The Morgan fingerprint density at radius 3 is 2.56 bits per heavy atom. The molecule has 162 valence electrons. The second kappa shape index (κ2) is 9.42. The van der Waals surface area contributed by atoms with E-state index >= 15 is 0 Å². The van der Waals surface area contributed by atoms with Gasteiger partial charge in [-0.2, -0.15) is 0 Å². The van der Waals surface area contributed by atoms with Crippen LogP contribution in [0.2, 0.25) is 0 Å². The highest BCUT2D eigenvalue weighted by Crippen LogP contribution is 2.23. The molecule has 5 rings (SSSR count). The van der Waals surface area contributed by atoms with Gasteiger partial charge in [-0.15, -0.1) is 16.4 Å². The lowest BCUT2D eigenvalue weighted by atomic mass is 10.2. The van der Waals surface area contributed by atoms with Gasteiger partial charge >= 0.3 is 0 Å². The number of piperazine rings is 1. The predicted molar refractivity (Wildman–Crippen MR) is 126 cm³/mol. The third-order valence-electron chi connectivity index (χ3n) is 5.52. The van der Waals surface area contributed by atoms with Crippen LogP contribution in [0.1, 0.15) is 16.3 Å². The molecule has 7 nitrogen and oxygen atoms in total. The van der Waals surface area contributed by atoms with Gasteiger partial charge in [0.05, 0.1) is 29.5 Å². The second-order valence-corrected chi connectivity index (χ2v) is 8.95. The second-order valence-electron chi connectivity index (χ2n) is 7.84. The molecular formula is C24H24N6OS. The number of nitrogens with zero attached hydrogens (tertiary/aromatic N) is 6. The molecule has 8 heteroatoms. The van der Waals surface area contributed by atoms with E-state index in [1.807, 2.05) is 41.4 Å². The molecule has 0 aliphatic carbocycles. The van der Waals surface area contributed by atoms with E-state index in [9.17, 15) is 4.79 Å². The van der Waals surface area contributed by atoms with Crippen LogP contribution < -0.4 is 0 Å². The summed E-state index contributed by atoms with van der Waals surface area (Å²) in [5.41, 5.74) is 2.91. The maximum absolute atomic E-state index is 12.6. The molecule has 0 unspecified atom stereocenters. The number of carbonyl (C=O) groups excluding carboxylic acids is 1. The van der Waals surface area contributed by atoms with Crippen LogP contribution >= 0.6 is 11.3 Å². The molecule has 32 heavy (non-hydrogen) atoms. The summed E-state index contributed by atoms with van der Waals surface area (Å²) in [7, 11) is 0. The fourth-order valence-corrected chi connectivity index (χ4v) is 4.81. The molecule has 2 aromatic heterocycles. The summed E-state index contributed by atoms with van der Waals surface area (Å²) in [6.45, 7) is 4.63. The molecule has 1 aliphatic rings. The number of benzene rings is 2. The Morgan fingerprint density at radius 2 is 1.75 bits per heavy atom. The number of para-hydroxylation sites is 1. The maximum atomic E-state index is 12.6. The minimum absolute atomic E-state index is 0.0160. The summed E-state index contributed by atoms with van der Waals surface area (Å²) in [5, 5.41) is 9.42. The van der Waals surface area contributed by atoms with Crippen molar-refractivity contribution in [2.75, 3.05) is 26.2 Å². The molecule has 2 aromatic carbocycles. The molecule has 0 atom stereocenters. The zero-order valence-corrected chi connectivity index (χ0v) is 18.5. The Balaban J connectivity index is 1.11. The van der Waals surface area contributed by atoms with E-state index in [2.05, 4.69) is 39.5 Å². The number of hydrogen-bond acceptors (Lipinski definition) is 6. The van der Waals surface area contributed by atoms with E-state index in [0.29, 0.717) is 12.2 Å². The number of hydrogen-bond donors (Lipinski definition) is 0. The Labute approximate surface area is 190 Å². The van der Waals surface area contributed by atoms with Crippen molar-refractivity contribution in [2.24, 2.45) is 0 Å². The van der Waals surface area contributed by atoms with E-state index in [1.54, 1.807) is 28.2 Å². The van der Waals surface area contributed by atoms with Gasteiger partial charge in [-0.05, 0) is 23.8 Å². The average molecular weight is 445 g/mol. The normalized spacial score (nSPS) is 15.1. The Morgan fingerprint density at radius 1 is 0.969 bits per heavy atom. The van der Waals surface area contributed by atoms with Gasteiger partial charge in [0.25, 0.3) is 0 Å². The van der Waals surface area contributed by atoms with Crippen LogP contribution in [0, 0.1) is 0 Å². The van der Waals surface area contributed by atoms with E-state index in [4.69, 9.17) is 4.98 Å². The molecule has 1 fully saturated rings. The van der Waals surface area contributed by atoms with E-state index in [-0.39, 0.29) is 5.91 Å². The SMILES string of the molecule is O=C(C=Cc1cn(Cc2ccccc2)nn1)N1CCN(Cc2nc3ccccc3s2)CC1. The minimum atomic E-state index is 0.0160. The lowest BCUT2D eigenvalue weighted by Gasteiger charge is -2.33. The number of thiazole rings is 1. The van der Waals surface area contributed by atoms with Crippen molar-refractivity contribution in [3.63, 3.8) is 0 Å². The fraction of sp³-hybridized carbons (Fsp3) is 0.250. The summed E-state index contributed by atoms with van der Waals surface area (Å²) < 4.78 is 3.00. The summed E-state index contributed by atoms with van der Waals surface area (Å²) in [6.07, 6.45) is 5.19. The van der Waals surface area contributed by atoms with E-state index in [0.717, 1.165) is 48.8 Å². The highest BCUT2D eigenvalue weighted by molar-refractivity contribution is 7.18. The first kappa shape index (κ1) is 20.5. The van der Waals surface area contributed by atoms with Gasteiger partial charge in [0.1, 0.15) is 10.7 Å². The number of rotatable bonds is 6. The van der Waals surface area contributed by atoms with Gasteiger partial charge in [0, 0.05) is 32.3 Å². The van der Waals surface area contributed by atoms with Crippen LogP contribution in [-0.2, 0) is 17.9 Å². The van der Waals surface area contributed by atoms with Crippen molar-refractivity contribution in [3.8, 4) is 0 Å². The first-order valence-corrected chi connectivity index (χ1v) is 11.5. The number of aromatic nitrogens is 4. The third-order valence-corrected chi connectivity index (χ3v) is 6.54. The summed E-state index contributed by atoms with van der Waals surface area (Å²) in [6, 6.07) is 18.3. The molecular weight excluding hydrogens is 420 g/mol. The van der Waals surface area contributed by atoms with Crippen LogP contribution in [0.5, 0.6) is 0 Å². The Kier molecular flexibility index (Phi) is 6.04. The highest BCUT2D eigenvalue weighted by Gasteiger charge is 2.20. The zero-order chi connectivity index (χ0) is 21.8. The molecule has 3 heterocycles. The summed E-state index contributed by atoms with van der Waals surface area (Å²) >= 11 is 1.75. The minimum Gasteiger partial charge on any atom is -0.337 e. The quantitative estimate of drug-likeness (QED) is 0.427. The standard InChI is InChI=1S/C24H24N6OS/c31-24(11-10-20-17-30(27-26-20)16-19-6-2-1-3-7-19)29-14-12-28(13-15-29)18-23-25-21-8-4-5-9-22(21)32-23/h1-11,17H,12-16,18H2. The number of amides is 1. The predicted octanol–water partition coefficient (Wildman–Crippen LogP) is 3.29. The van der Waals surface area contributed by atoms with Crippen LogP contribution in [0.25, 0.3) is 16.3 Å². The molecule has 1 amide bonds. The van der Waals surface area contributed by atoms with Crippen LogP contribution in [-0.4, -0.2) is 61.9 Å². The monoisotopic (exact) mass is 444 g/mol. The first-order chi connectivity index (χ1) is 15.7. The van der Waals surface area contributed by atoms with Gasteiger partial charge in [0.2, 0.25) is 5.91 Å². The van der Waals surface area contributed by atoms with Crippen LogP contribution in [0.4, 0.5) is 0 Å². The third kappa shape index (κ3) is 4.92. The highest BCUT2D eigenvalue weighted by atomic mass is 32.1. The lowest BCUT2D eigenvalue weighted by molar-refractivity contribution is -0.127. The smallest absolute Gasteiger partial charge is 0.246 e. The van der Waals surface area contributed by atoms with Crippen molar-refractivity contribution >= 4 is 33.5 Å². The lowest BCUT2D eigenvalue weighted by Crippen LogP contribution is -2.47. The molecule has 0 N–H and O–H groups in total. The summed E-state index contributed by atoms with van der Waals surface area (Å²) in [4.78, 5) is 21.6. The van der Waals surface area contributed by atoms with Gasteiger partial charge in [-0.1, -0.05) is 47.7 Å². The maximum Gasteiger partial charge on any atom is 0.246 e. The van der Waals surface area contributed by atoms with Gasteiger partial charge in [-0.3, -0.25) is 9.69 Å².